The Morgan fingerprint density at radius 2 is 1.89 bits per heavy atom. The van der Waals surface area contributed by atoms with Gasteiger partial charge < -0.3 is 14.8 Å². The molecule has 1 heterocycles. The van der Waals surface area contributed by atoms with E-state index in [9.17, 15) is 19.2 Å². The number of rotatable bonds is 1. The number of esters is 1. The topological polar surface area (TPSA) is 102 Å². The number of carbonyl (C=O) groups excluding carboxylic acids is 4. The lowest BCUT2D eigenvalue weighted by Crippen LogP contribution is -2.66. The molecule has 1 rings (SSSR count). The lowest BCUT2D eigenvalue weighted by Gasteiger charge is -2.36. The molecule has 1 aliphatic heterocycles. The van der Waals surface area contributed by atoms with Crippen molar-refractivity contribution in [2.24, 2.45) is 0 Å². The van der Waals surface area contributed by atoms with E-state index in [4.69, 9.17) is 4.74 Å². The van der Waals surface area contributed by atoms with E-state index in [0.29, 0.717) is 4.90 Å². The molecule has 0 aliphatic carbocycles. The molecular weight excluding hydrogens is 256 g/mol. The third-order valence-corrected chi connectivity index (χ3v) is 2.23. The first-order valence-electron chi connectivity index (χ1n) is 5.59. The van der Waals surface area contributed by atoms with Gasteiger partial charge in [-0.25, -0.2) is 9.59 Å². The van der Waals surface area contributed by atoms with Crippen molar-refractivity contribution in [2.75, 3.05) is 13.7 Å². The number of hydrogen-bond donors (Lipinski definition) is 1. The van der Waals surface area contributed by atoms with Gasteiger partial charge in [-0.1, -0.05) is 0 Å². The lowest BCUT2D eigenvalue weighted by molar-refractivity contribution is -0.167. The number of likely N-dealkylation sites (tertiary alicyclic amines) is 1. The number of carbonyl (C=O) groups is 4. The van der Waals surface area contributed by atoms with Gasteiger partial charge in [0.25, 0.3) is 5.91 Å². The Hall–Kier alpha value is -2.12. The van der Waals surface area contributed by atoms with E-state index >= 15 is 0 Å². The lowest BCUT2D eigenvalue weighted by atomic mass is 10.1. The van der Waals surface area contributed by atoms with Gasteiger partial charge in [0.2, 0.25) is 0 Å². The summed E-state index contributed by atoms with van der Waals surface area (Å²) in [5.74, 6) is -2.83. The maximum atomic E-state index is 11.6. The van der Waals surface area contributed by atoms with Crippen molar-refractivity contribution >= 4 is 23.9 Å². The molecule has 1 atom stereocenters. The third-order valence-electron chi connectivity index (χ3n) is 2.23. The number of β-lactam (4-membered cyclic amide) rings is 1. The van der Waals surface area contributed by atoms with Crippen LogP contribution in [0.1, 0.15) is 20.8 Å². The predicted molar refractivity (Wildman–Crippen MR) is 61.9 cm³/mol. The molecule has 0 spiro atoms. The summed E-state index contributed by atoms with van der Waals surface area (Å²) < 4.78 is 9.16. The van der Waals surface area contributed by atoms with Crippen LogP contribution in [0.4, 0.5) is 4.79 Å². The fraction of sp³-hybridized carbons (Fsp3) is 0.636. The molecule has 1 saturated heterocycles. The van der Waals surface area contributed by atoms with Crippen molar-refractivity contribution in [2.45, 2.75) is 32.4 Å². The minimum Gasteiger partial charge on any atom is -0.462 e. The van der Waals surface area contributed by atoms with E-state index in [2.05, 4.69) is 10.1 Å². The molecule has 0 aromatic heterocycles. The number of hydrogen-bond acceptors (Lipinski definition) is 6. The van der Waals surface area contributed by atoms with E-state index < -0.39 is 35.5 Å². The number of methoxy groups -OCH3 is 1. The summed E-state index contributed by atoms with van der Waals surface area (Å²) in [4.78, 5) is 45.9. The van der Waals surface area contributed by atoms with E-state index in [1.54, 1.807) is 20.8 Å². The minimum atomic E-state index is -1.12. The van der Waals surface area contributed by atoms with Crippen LogP contribution in [0.3, 0.4) is 0 Å². The fourth-order valence-electron chi connectivity index (χ4n) is 1.36. The zero-order chi connectivity index (χ0) is 14.8. The molecule has 0 radical (unpaired) electrons. The van der Waals surface area contributed by atoms with E-state index in [-0.39, 0.29) is 6.54 Å². The van der Waals surface area contributed by atoms with Crippen LogP contribution in [0.15, 0.2) is 0 Å². The summed E-state index contributed by atoms with van der Waals surface area (Å²) in [6, 6.07) is -0.858. The highest BCUT2D eigenvalue weighted by atomic mass is 16.6. The van der Waals surface area contributed by atoms with Crippen LogP contribution in [0, 0.1) is 0 Å². The summed E-state index contributed by atoms with van der Waals surface area (Å²) in [6.07, 6.45) is -0.754. The molecule has 8 nitrogen and oxygen atoms in total. The molecule has 0 aromatic rings. The van der Waals surface area contributed by atoms with Crippen LogP contribution in [0.5, 0.6) is 0 Å². The number of ether oxygens (including phenoxy) is 2. The zero-order valence-electron chi connectivity index (χ0n) is 11.2. The first-order valence-corrected chi connectivity index (χ1v) is 5.59. The highest BCUT2D eigenvalue weighted by Crippen LogP contribution is 2.13. The Morgan fingerprint density at radius 1 is 1.32 bits per heavy atom. The van der Waals surface area contributed by atoms with E-state index in [1.165, 1.54) is 0 Å². The average Bonchev–Trinajstić information content (AvgIpc) is 2.29. The third kappa shape index (κ3) is 3.67. The highest BCUT2D eigenvalue weighted by Gasteiger charge is 2.44. The molecule has 3 amide bonds. The van der Waals surface area contributed by atoms with Crippen LogP contribution >= 0.6 is 0 Å². The van der Waals surface area contributed by atoms with Crippen molar-refractivity contribution in [3.05, 3.63) is 0 Å². The van der Waals surface area contributed by atoms with Gasteiger partial charge in [-0.2, -0.15) is 0 Å². The second-order valence-electron chi connectivity index (χ2n) is 4.94. The second-order valence-corrected chi connectivity index (χ2v) is 4.94. The van der Waals surface area contributed by atoms with Crippen molar-refractivity contribution < 1.29 is 28.7 Å². The molecule has 0 saturated carbocycles. The first kappa shape index (κ1) is 14.9. The average molecular weight is 272 g/mol. The Kier molecular flexibility index (Phi) is 4.13. The smallest absolute Gasteiger partial charge is 0.408 e. The molecule has 0 unspecified atom stereocenters. The first-order chi connectivity index (χ1) is 8.65. The van der Waals surface area contributed by atoms with Gasteiger partial charge in [-0.15, -0.1) is 0 Å². The summed E-state index contributed by atoms with van der Waals surface area (Å²) in [5.41, 5.74) is -0.682. The van der Waals surface area contributed by atoms with Gasteiger partial charge in [0.05, 0.1) is 13.7 Å². The number of imide groups is 1. The van der Waals surface area contributed by atoms with Crippen molar-refractivity contribution in [3.63, 3.8) is 0 Å². The second kappa shape index (κ2) is 5.25. The molecule has 1 fully saturated rings. The Balaban J connectivity index is 2.47. The highest BCUT2D eigenvalue weighted by molar-refractivity contribution is 6.36. The molecule has 8 heteroatoms. The molecule has 1 N–H and O–H groups in total. The normalized spacial score (nSPS) is 18.4. The van der Waals surface area contributed by atoms with Gasteiger partial charge in [0, 0.05) is 0 Å². The van der Waals surface area contributed by atoms with Crippen molar-refractivity contribution in [1.82, 2.24) is 10.2 Å². The molecule has 19 heavy (non-hydrogen) atoms. The molecular formula is C11H16N2O6. The van der Waals surface area contributed by atoms with Gasteiger partial charge in [0.15, 0.2) is 0 Å². The van der Waals surface area contributed by atoms with Crippen molar-refractivity contribution in [3.8, 4) is 0 Å². The number of amides is 3. The van der Waals surface area contributed by atoms with Crippen LogP contribution < -0.4 is 5.32 Å². The largest absolute Gasteiger partial charge is 0.462 e. The molecule has 1 aliphatic rings. The van der Waals surface area contributed by atoms with Gasteiger partial charge in [-0.3, -0.25) is 14.5 Å². The van der Waals surface area contributed by atoms with Gasteiger partial charge >= 0.3 is 18.0 Å². The maximum absolute atomic E-state index is 11.6. The van der Waals surface area contributed by atoms with Gasteiger partial charge in [-0.05, 0) is 20.8 Å². The van der Waals surface area contributed by atoms with Crippen LogP contribution in [0.2, 0.25) is 0 Å². The Labute approximate surface area is 110 Å². The Bertz CT molecular complexity index is 425. The SMILES string of the molecule is COC(=O)C(=O)N1C[C@H](NC(=O)OC(C)(C)C)C1=O. The Morgan fingerprint density at radius 3 is 2.32 bits per heavy atom. The zero-order valence-corrected chi connectivity index (χ0v) is 11.2. The number of alkyl carbamates (subject to hydrolysis) is 1. The van der Waals surface area contributed by atoms with E-state index in [1.807, 2.05) is 0 Å². The standard InChI is InChI=1S/C11H16N2O6/c1-11(2,3)19-10(17)12-6-5-13(7(6)14)8(15)9(16)18-4/h6H,5H2,1-4H3,(H,12,17)/t6-/m0/s1. The number of nitrogens with one attached hydrogen (secondary N) is 1. The molecule has 0 bridgehead atoms. The van der Waals surface area contributed by atoms with Crippen LogP contribution in [-0.2, 0) is 23.9 Å². The predicted octanol–water partition coefficient (Wildman–Crippen LogP) is -0.579. The van der Waals surface area contributed by atoms with Crippen LogP contribution in [0.25, 0.3) is 0 Å². The fourth-order valence-corrected chi connectivity index (χ4v) is 1.36. The van der Waals surface area contributed by atoms with E-state index in [0.717, 1.165) is 7.11 Å². The quantitative estimate of drug-likeness (QED) is 0.389. The van der Waals surface area contributed by atoms with Crippen LogP contribution in [-0.4, -0.2) is 54.1 Å². The summed E-state index contributed by atoms with van der Waals surface area (Å²) in [6.45, 7) is 4.97. The monoisotopic (exact) mass is 272 g/mol. The number of nitrogens with zero attached hydrogens (tertiary/aromatic N) is 1. The molecule has 106 valence electrons. The van der Waals surface area contributed by atoms with Gasteiger partial charge in [0.1, 0.15) is 11.6 Å². The summed E-state index contributed by atoms with van der Waals surface area (Å²) in [7, 11) is 1.04. The summed E-state index contributed by atoms with van der Waals surface area (Å²) >= 11 is 0. The maximum Gasteiger partial charge on any atom is 0.408 e. The van der Waals surface area contributed by atoms with Crippen molar-refractivity contribution in [1.29, 1.82) is 0 Å². The molecule has 0 aromatic carbocycles. The minimum absolute atomic E-state index is 0.0774. The summed E-state index contributed by atoms with van der Waals surface area (Å²) in [5, 5.41) is 2.31.